The summed E-state index contributed by atoms with van der Waals surface area (Å²) in [5.41, 5.74) is -2.89. The first-order valence-electron chi connectivity index (χ1n) is 9.95. The van der Waals surface area contributed by atoms with Crippen LogP contribution in [0.15, 0.2) is 88.9 Å². The van der Waals surface area contributed by atoms with Crippen LogP contribution >= 0.6 is 11.6 Å². The molecule has 0 aliphatic carbocycles. The van der Waals surface area contributed by atoms with E-state index < -0.39 is 26.3 Å². The van der Waals surface area contributed by atoms with Gasteiger partial charge in [0.2, 0.25) is 0 Å². The lowest BCUT2D eigenvalue weighted by Crippen LogP contribution is -2.30. The lowest BCUT2D eigenvalue weighted by atomic mass is 9.91. The number of nitrogens with zero attached hydrogens (tertiary/aromatic N) is 2. The van der Waals surface area contributed by atoms with Crippen LogP contribution in [-0.4, -0.2) is 37.2 Å². The highest BCUT2D eigenvalue weighted by Crippen LogP contribution is 2.32. The Labute approximate surface area is 198 Å². The van der Waals surface area contributed by atoms with Crippen molar-refractivity contribution < 1.29 is 26.4 Å². The summed E-state index contributed by atoms with van der Waals surface area (Å²) in [5.74, 6) is -0.215. The number of alkyl halides is 3. The first-order valence-corrected chi connectivity index (χ1v) is 11.8. The second kappa shape index (κ2) is 9.11. The smallest absolute Gasteiger partial charge is 0.306 e. The summed E-state index contributed by atoms with van der Waals surface area (Å²) in [6.45, 7) is 0.230. The van der Waals surface area contributed by atoms with Gasteiger partial charge in [-0.2, -0.15) is 18.3 Å². The van der Waals surface area contributed by atoms with Crippen LogP contribution < -0.4 is 5.32 Å². The average Bonchev–Trinajstić information content (AvgIpc) is 3.25. The Kier molecular flexibility index (Phi) is 6.37. The minimum absolute atomic E-state index is 0.123. The minimum Gasteiger partial charge on any atom is -0.306 e. The predicted molar refractivity (Wildman–Crippen MR) is 123 cm³/mol. The number of benzene rings is 3. The minimum atomic E-state index is -5.47. The van der Waals surface area contributed by atoms with Gasteiger partial charge in [0.05, 0.1) is 17.2 Å². The van der Waals surface area contributed by atoms with Crippen LogP contribution in [0.1, 0.15) is 17.0 Å². The zero-order valence-corrected chi connectivity index (χ0v) is 18.9. The van der Waals surface area contributed by atoms with Gasteiger partial charge in [-0.15, -0.1) is 0 Å². The molecule has 1 atom stereocenters. The molecule has 2 amide bonds. The normalized spacial score (nSPS) is 16.3. The van der Waals surface area contributed by atoms with Crippen LogP contribution in [0.3, 0.4) is 0 Å². The van der Waals surface area contributed by atoms with Crippen LogP contribution in [-0.2, 0) is 9.84 Å². The summed E-state index contributed by atoms with van der Waals surface area (Å²) < 4.78 is 61.2. The van der Waals surface area contributed by atoms with E-state index in [-0.39, 0.29) is 18.2 Å². The molecule has 34 heavy (non-hydrogen) atoms. The highest BCUT2D eigenvalue weighted by Gasteiger charge is 2.46. The van der Waals surface area contributed by atoms with Crippen molar-refractivity contribution in [2.24, 2.45) is 5.10 Å². The first-order chi connectivity index (χ1) is 16.1. The monoisotopic (exact) mass is 507 g/mol. The van der Waals surface area contributed by atoms with Crippen LogP contribution in [0.25, 0.3) is 0 Å². The van der Waals surface area contributed by atoms with E-state index in [1.165, 1.54) is 5.01 Å². The zero-order chi connectivity index (χ0) is 24.5. The van der Waals surface area contributed by atoms with Crippen molar-refractivity contribution in [1.82, 2.24) is 5.01 Å². The molecule has 1 aliphatic heterocycles. The van der Waals surface area contributed by atoms with Gasteiger partial charge in [-0.1, -0.05) is 54.1 Å². The molecular weight excluding hydrogens is 491 g/mol. The lowest BCUT2D eigenvalue weighted by Gasteiger charge is -2.16. The topological polar surface area (TPSA) is 78.8 Å². The fraction of sp³-hybridized carbons (Fsp3) is 0.130. The van der Waals surface area contributed by atoms with Gasteiger partial charge in [0.25, 0.3) is 9.84 Å². The van der Waals surface area contributed by atoms with E-state index in [1.54, 1.807) is 24.3 Å². The standard InChI is InChI=1S/C23H17ClF3N3O3S/c24-17-8-6-16(7-9-17)21-20(15-4-2-1-3-5-15)14-30(29-21)22(31)28-18-10-12-19(13-11-18)34(32,33)23(25,26)27/h1-13,20H,14H2,(H,28,31). The van der Waals surface area contributed by atoms with Crippen LogP contribution in [0.5, 0.6) is 0 Å². The van der Waals surface area contributed by atoms with Gasteiger partial charge in [-0.25, -0.2) is 18.2 Å². The van der Waals surface area contributed by atoms with E-state index in [0.717, 1.165) is 35.4 Å². The van der Waals surface area contributed by atoms with Crippen molar-refractivity contribution in [3.63, 3.8) is 0 Å². The Bertz CT molecular complexity index is 1330. The molecule has 0 spiro atoms. The number of hydrogen-bond donors (Lipinski definition) is 1. The second-order valence-corrected chi connectivity index (χ2v) is 9.82. The number of anilines is 1. The molecule has 0 saturated carbocycles. The molecule has 176 valence electrons. The highest BCUT2D eigenvalue weighted by molar-refractivity contribution is 7.92. The summed E-state index contributed by atoms with van der Waals surface area (Å²) in [7, 11) is -5.47. The number of rotatable bonds is 4. The van der Waals surface area contributed by atoms with Crippen LogP contribution in [0.2, 0.25) is 5.02 Å². The van der Waals surface area contributed by atoms with Crippen molar-refractivity contribution in [3.8, 4) is 0 Å². The molecule has 0 aromatic heterocycles. The van der Waals surface area contributed by atoms with E-state index >= 15 is 0 Å². The van der Waals surface area contributed by atoms with Crippen molar-refractivity contribution in [2.75, 3.05) is 11.9 Å². The Morgan fingerprint density at radius 2 is 1.59 bits per heavy atom. The predicted octanol–water partition coefficient (Wildman–Crippen LogP) is 5.67. The summed E-state index contributed by atoms with van der Waals surface area (Å²) >= 11 is 5.99. The molecule has 3 aromatic rings. The third kappa shape index (κ3) is 4.78. The number of hydrogen-bond acceptors (Lipinski definition) is 4. The number of amides is 2. The maximum absolute atomic E-state index is 12.9. The van der Waals surface area contributed by atoms with E-state index in [4.69, 9.17) is 11.6 Å². The van der Waals surface area contributed by atoms with Gasteiger partial charge in [-0.3, -0.25) is 0 Å². The van der Waals surface area contributed by atoms with Gasteiger partial charge in [0.1, 0.15) is 0 Å². The summed E-state index contributed by atoms with van der Waals surface area (Å²) in [5, 5.41) is 8.80. The molecule has 1 aliphatic rings. The van der Waals surface area contributed by atoms with E-state index in [2.05, 4.69) is 10.4 Å². The van der Waals surface area contributed by atoms with Crippen molar-refractivity contribution in [2.45, 2.75) is 16.3 Å². The van der Waals surface area contributed by atoms with Crippen LogP contribution in [0, 0.1) is 0 Å². The summed E-state index contributed by atoms with van der Waals surface area (Å²) in [6.07, 6.45) is 0. The van der Waals surface area contributed by atoms with Crippen molar-refractivity contribution in [3.05, 3.63) is 95.0 Å². The molecule has 0 saturated heterocycles. The Balaban J connectivity index is 1.57. The van der Waals surface area contributed by atoms with Gasteiger partial charge < -0.3 is 5.32 Å². The first kappa shape index (κ1) is 23.8. The fourth-order valence-corrected chi connectivity index (χ4v) is 4.38. The number of carbonyl (C=O) groups excluding carboxylic acids is 1. The SMILES string of the molecule is O=C(Nc1ccc(S(=O)(=O)C(F)(F)F)cc1)N1CC(c2ccccc2)C(c2ccc(Cl)cc2)=N1. The van der Waals surface area contributed by atoms with E-state index in [0.29, 0.717) is 10.7 Å². The molecule has 0 fully saturated rings. The summed E-state index contributed by atoms with van der Waals surface area (Å²) in [4.78, 5) is 11.9. The maximum atomic E-state index is 12.9. The largest absolute Gasteiger partial charge is 0.501 e. The Morgan fingerprint density at radius 1 is 0.971 bits per heavy atom. The quantitative estimate of drug-likeness (QED) is 0.494. The molecule has 4 rings (SSSR count). The van der Waals surface area contributed by atoms with E-state index in [9.17, 15) is 26.4 Å². The number of carbonyl (C=O) groups is 1. The lowest BCUT2D eigenvalue weighted by molar-refractivity contribution is -0.0436. The van der Waals surface area contributed by atoms with Gasteiger partial charge in [0, 0.05) is 16.6 Å². The number of nitrogens with one attached hydrogen (secondary N) is 1. The van der Waals surface area contributed by atoms with Crippen LogP contribution in [0.4, 0.5) is 23.7 Å². The zero-order valence-electron chi connectivity index (χ0n) is 17.3. The second-order valence-electron chi connectivity index (χ2n) is 7.44. The average molecular weight is 508 g/mol. The number of hydrazone groups is 1. The van der Waals surface area contributed by atoms with Gasteiger partial charge in [0.15, 0.2) is 0 Å². The third-order valence-corrected chi connectivity index (χ3v) is 6.97. The molecule has 1 unspecified atom stereocenters. The maximum Gasteiger partial charge on any atom is 0.501 e. The summed E-state index contributed by atoms with van der Waals surface area (Å²) in [6, 6.07) is 19.7. The molecule has 6 nitrogen and oxygen atoms in total. The van der Waals surface area contributed by atoms with Gasteiger partial charge in [-0.05, 0) is 47.5 Å². The molecule has 11 heteroatoms. The Morgan fingerprint density at radius 3 is 2.18 bits per heavy atom. The number of urea groups is 1. The molecule has 3 aromatic carbocycles. The number of halogens is 4. The van der Waals surface area contributed by atoms with Gasteiger partial charge >= 0.3 is 11.5 Å². The highest BCUT2D eigenvalue weighted by atomic mass is 35.5. The van der Waals surface area contributed by atoms with E-state index in [1.807, 2.05) is 30.3 Å². The molecular formula is C23H17ClF3N3O3S. The number of sulfone groups is 1. The molecule has 0 radical (unpaired) electrons. The van der Waals surface area contributed by atoms with Crippen molar-refractivity contribution >= 4 is 38.9 Å². The molecule has 1 heterocycles. The Hall–Kier alpha value is -3.37. The third-order valence-electron chi connectivity index (χ3n) is 5.21. The molecule has 0 bridgehead atoms. The fourth-order valence-electron chi connectivity index (χ4n) is 3.50. The van der Waals surface area contributed by atoms with Crippen molar-refractivity contribution in [1.29, 1.82) is 0 Å². The molecule has 1 N–H and O–H groups in total.